The summed E-state index contributed by atoms with van der Waals surface area (Å²) in [6.07, 6.45) is 0.349. The number of imide groups is 4. The Kier molecular flexibility index (Phi) is 3.26. The van der Waals surface area contributed by atoms with Crippen LogP contribution in [0, 0.1) is 0 Å². The van der Waals surface area contributed by atoms with Gasteiger partial charge in [0.2, 0.25) is 5.91 Å². The molecule has 1 aliphatic rings. The SMILES string of the molecule is CCC(=O)N1C(=O)N(C(N)=O)C(=O)C1CC. The number of urea groups is 2. The Morgan fingerprint density at radius 3 is 2.25 bits per heavy atom. The molecule has 0 radical (unpaired) electrons. The molecule has 1 fully saturated rings. The van der Waals surface area contributed by atoms with E-state index in [0.29, 0.717) is 4.90 Å². The number of amides is 6. The van der Waals surface area contributed by atoms with E-state index in [0.717, 1.165) is 4.90 Å². The van der Waals surface area contributed by atoms with Gasteiger partial charge in [-0.15, -0.1) is 0 Å². The molecule has 1 saturated heterocycles. The summed E-state index contributed by atoms with van der Waals surface area (Å²) in [5.41, 5.74) is 4.91. The lowest BCUT2D eigenvalue weighted by molar-refractivity contribution is -0.134. The van der Waals surface area contributed by atoms with E-state index in [2.05, 4.69) is 0 Å². The normalized spacial score (nSPS) is 20.5. The summed E-state index contributed by atoms with van der Waals surface area (Å²) in [6.45, 7) is 3.22. The Morgan fingerprint density at radius 2 is 1.88 bits per heavy atom. The zero-order valence-electron chi connectivity index (χ0n) is 9.10. The molecule has 0 aromatic rings. The molecule has 0 aliphatic carbocycles. The fourth-order valence-electron chi connectivity index (χ4n) is 1.61. The van der Waals surface area contributed by atoms with E-state index in [1.807, 2.05) is 0 Å². The third-order valence-corrected chi connectivity index (χ3v) is 2.39. The third-order valence-electron chi connectivity index (χ3n) is 2.39. The molecule has 0 saturated carbocycles. The van der Waals surface area contributed by atoms with Crippen molar-refractivity contribution in [2.24, 2.45) is 5.73 Å². The van der Waals surface area contributed by atoms with E-state index in [4.69, 9.17) is 5.73 Å². The van der Waals surface area contributed by atoms with Crippen molar-refractivity contribution in [2.45, 2.75) is 32.7 Å². The zero-order chi connectivity index (χ0) is 12.5. The van der Waals surface area contributed by atoms with Gasteiger partial charge in [-0.2, -0.15) is 4.90 Å². The lowest BCUT2D eigenvalue weighted by Crippen LogP contribution is -2.42. The lowest BCUT2D eigenvalue weighted by Gasteiger charge is -2.17. The van der Waals surface area contributed by atoms with Crippen LogP contribution in [0.4, 0.5) is 9.59 Å². The molecule has 6 amide bonds. The number of nitrogens with zero attached hydrogens (tertiary/aromatic N) is 2. The van der Waals surface area contributed by atoms with Gasteiger partial charge in [0.05, 0.1) is 0 Å². The number of nitrogens with two attached hydrogens (primary N) is 1. The summed E-state index contributed by atoms with van der Waals surface area (Å²) in [5.74, 6) is -1.23. The van der Waals surface area contributed by atoms with Crippen LogP contribution >= 0.6 is 0 Å². The van der Waals surface area contributed by atoms with E-state index in [1.165, 1.54) is 0 Å². The highest BCUT2D eigenvalue weighted by Crippen LogP contribution is 2.20. The topological polar surface area (TPSA) is 101 Å². The van der Waals surface area contributed by atoms with Crippen molar-refractivity contribution in [1.29, 1.82) is 0 Å². The average Bonchev–Trinajstić information content (AvgIpc) is 2.48. The number of rotatable bonds is 2. The first kappa shape index (κ1) is 12.2. The van der Waals surface area contributed by atoms with Crippen molar-refractivity contribution < 1.29 is 19.2 Å². The molecule has 0 bridgehead atoms. The maximum atomic E-state index is 11.6. The summed E-state index contributed by atoms with van der Waals surface area (Å²) in [5, 5.41) is 0. The summed E-state index contributed by atoms with van der Waals surface area (Å²) < 4.78 is 0. The summed E-state index contributed by atoms with van der Waals surface area (Å²) >= 11 is 0. The van der Waals surface area contributed by atoms with E-state index < -0.39 is 29.9 Å². The van der Waals surface area contributed by atoms with Gasteiger partial charge in [-0.05, 0) is 6.42 Å². The molecule has 0 aromatic heterocycles. The molecule has 1 heterocycles. The van der Waals surface area contributed by atoms with Gasteiger partial charge in [0.25, 0.3) is 5.91 Å². The molecule has 1 aliphatic heterocycles. The van der Waals surface area contributed by atoms with Gasteiger partial charge >= 0.3 is 12.1 Å². The van der Waals surface area contributed by atoms with Crippen LogP contribution in [-0.4, -0.2) is 39.7 Å². The maximum Gasteiger partial charge on any atom is 0.342 e. The van der Waals surface area contributed by atoms with Gasteiger partial charge < -0.3 is 5.73 Å². The first-order valence-electron chi connectivity index (χ1n) is 4.95. The standard InChI is InChI=1S/C9H13N3O4/c1-3-5-7(14)12(8(10)15)9(16)11(5)6(13)4-2/h5H,3-4H2,1-2H3,(H2,10,15). The zero-order valence-corrected chi connectivity index (χ0v) is 9.10. The minimum absolute atomic E-state index is 0.0854. The maximum absolute atomic E-state index is 11.6. The van der Waals surface area contributed by atoms with Crippen molar-refractivity contribution in [3.8, 4) is 0 Å². The number of hydrogen-bond donors (Lipinski definition) is 1. The van der Waals surface area contributed by atoms with Crippen LogP contribution in [0.1, 0.15) is 26.7 Å². The third kappa shape index (κ3) is 1.64. The lowest BCUT2D eigenvalue weighted by atomic mass is 10.2. The first-order chi connectivity index (χ1) is 7.45. The van der Waals surface area contributed by atoms with Gasteiger partial charge in [-0.3, -0.25) is 14.5 Å². The fourth-order valence-corrected chi connectivity index (χ4v) is 1.61. The highest BCUT2D eigenvalue weighted by atomic mass is 16.2. The van der Waals surface area contributed by atoms with Gasteiger partial charge in [-0.1, -0.05) is 13.8 Å². The van der Waals surface area contributed by atoms with Crippen LogP contribution in [0.5, 0.6) is 0 Å². The molecule has 1 unspecified atom stereocenters. The fraction of sp³-hybridized carbons (Fsp3) is 0.556. The molecule has 16 heavy (non-hydrogen) atoms. The molecule has 1 rings (SSSR count). The first-order valence-corrected chi connectivity index (χ1v) is 4.95. The van der Waals surface area contributed by atoms with Crippen LogP contribution in [0.3, 0.4) is 0 Å². The highest BCUT2D eigenvalue weighted by Gasteiger charge is 2.49. The van der Waals surface area contributed by atoms with Gasteiger partial charge in [0.1, 0.15) is 6.04 Å². The molecule has 88 valence electrons. The molecule has 0 spiro atoms. The molecule has 7 nitrogen and oxygen atoms in total. The molecular formula is C9H13N3O4. The smallest absolute Gasteiger partial charge is 0.342 e. The number of hydrogen-bond acceptors (Lipinski definition) is 4. The number of carbonyl (C=O) groups excluding carboxylic acids is 4. The predicted molar refractivity (Wildman–Crippen MR) is 53.0 cm³/mol. The largest absolute Gasteiger partial charge is 0.351 e. The average molecular weight is 227 g/mol. The van der Waals surface area contributed by atoms with Crippen molar-refractivity contribution >= 4 is 23.9 Å². The Hall–Kier alpha value is -1.92. The minimum atomic E-state index is -1.15. The highest BCUT2D eigenvalue weighted by molar-refractivity contribution is 6.20. The Balaban J connectivity index is 3.11. The van der Waals surface area contributed by atoms with E-state index >= 15 is 0 Å². The second-order valence-corrected chi connectivity index (χ2v) is 3.34. The number of carbonyl (C=O) groups is 4. The monoisotopic (exact) mass is 227 g/mol. The van der Waals surface area contributed by atoms with Gasteiger partial charge in [0, 0.05) is 6.42 Å². The van der Waals surface area contributed by atoms with Gasteiger partial charge in [0.15, 0.2) is 0 Å². The van der Waals surface area contributed by atoms with Crippen molar-refractivity contribution in [1.82, 2.24) is 9.80 Å². The van der Waals surface area contributed by atoms with E-state index in [-0.39, 0.29) is 12.8 Å². The molecule has 7 heteroatoms. The van der Waals surface area contributed by atoms with Crippen LogP contribution in [0.15, 0.2) is 0 Å². The summed E-state index contributed by atoms with van der Waals surface area (Å²) in [6, 6.07) is -3.01. The quantitative estimate of drug-likeness (QED) is 0.673. The predicted octanol–water partition coefficient (Wildman–Crippen LogP) is 0.0445. The Labute approximate surface area is 92.2 Å². The summed E-state index contributed by atoms with van der Waals surface area (Å²) in [7, 11) is 0. The van der Waals surface area contributed by atoms with Crippen molar-refractivity contribution in [3.05, 3.63) is 0 Å². The molecule has 0 aromatic carbocycles. The van der Waals surface area contributed by atoms with Crippen LogP contribution in [0.25, 0.3) is 0 Å². The van der Waals surface area contributed by atoms with Crippen molar-refractivity contribution in [3.63, 3.8) is 0 Å². The van der Waals surface area contributed by atoms with Gasteiger partial charge in [-0.25, -0.2) is 9.59 Å². The Bertz CT molecular complexity index is 366. The summed E-state index contributed by atoms with van der Waals surface area (Å²) in [4.78, 5) is 46.8. The minimum Gasteiger partial charge on any atom is -0.351 e. The van der Waals surface area contributed by atoms with Crippen LogP contribution < -0.4 is 5.73 Å². The second-order valence-electron chi connectivity index (χ2n) is 3.34. The molecular weight excluding hydrogens is 214 g/mol. The van der Waals surface area contributed by atoms with E-state index in [9.17, 15) is 19.2 Å². The Morgan fingerprint density at radius 1 is 1.31 bits per heavy atom. The van der Waals surface area contributed by atoms with Crippen LogP contribution in [0.2, 0.25) is 0 Å². The molecule has 2 N–H and O–H groups in total. The van der Waals surface area contributed by atoms with Crippen molar-refractivity contribution in [2.75, 3.05) is 0 Å². The second kappa shape index (κ2) is 4.30. The molecule has 1 atom stereocenters. The van der Waals surface area contributed by atoms with E-state index in [1.54, 1.807) is 13.8 Å². The number of primary amides is 1. The van der Waals surface area contributed by atoms with Crippen LogP contribution in [-0.2, 0) is 9.59 Å².